The fourth-order valence-electron chi connectivity index (χ4n) is 4.40. The molecular weight excluding hydrogens is 416 g/mol. The number of rotatable bonds is 3. The molecule has 8 nitrogen and oxygen atoms in total. The second-order valence-corrected chi connectivity index (χ2v) is 8.48. The molecule has 1 aliphatic heterocycles. The van der Waals surface area contributed by atoms with E-state index in [1.807, 2.05) is 35.8 Å². The Morgan fingerprint density at radius 2 is 1.90 bits per heavy atom. The molecule has 1 fully saturated rings. The average Bonchev–Trinajstić information content (AvgIpc) is 3.09. The van der Waals surface area contributed by atoms with Crippen molar-refractivity contribution < 1.29 is 0 Å². The molecule has 0 bridgehead atoms. The Kier molecular flexibility index (Phi) is 6.03. The highest BCUT2D eigenvalue weighted by Crippen LogP contribution is 2.30. The molecule has 4 rings (SSSR count). The molecule has 164 valence electrons. The fourth-order valence-corrected chi connectivity index (χ4v) is 4.40. The summed E-state index contributed by atoms with van der Waals surface area (Å²) in [5, 5.41) is 9.53. The Bertz CT molecular complexity index is 1290. The Morgan fingerprint density at radius 3 is 2.58 bits per heavy atom. The smallest absolute Gasteiger partial charge is 0.331 e. The number of anilines is 1. The number of aromatic nitrogens is 3. The molecule has 1 aromatic carbocycles. The van der Waals surface area contributed by atoms with Crippen LogP contribution in [0.25, 0.3) is 11.0 Å². The van der Waals surface area contributed by atoms with E-state index in [0.29, 0.717) is 29.7 Å². The van der Waals surface area contributed by atoms with E-state index in [4.69, 9.17) is 5.73 Å². The van der Waals surface area contributed by atoms with Crippen LogP contribution in [0.1, 0.15) is 30.9 Å². The van der Waals surface area contributed by atoms with Gasteiger partial charge in [0.05, 0.1) is 23.7 Å². The average molecular weight is 443 g/mol. The number of halogens is 1. The molecule has 9 heteroatoms. The standard InChI is InChI=1S/C22H26N6O2.ClH/c1-22(24)9-6-10-27(14-22)18-11-17-19(20(29)26(3)21(30)25(17)2)28(18)13-16-8-5-4-7-15(16)12-23;/h4-5,7-8,11H,6,9-10,13-14,24H2,1-3H3;1H. The topological polar surface area (TPSA) is 102 Å². The first-order chi connectivity index (χ1) is 14.2. The van der Waals surface area contributed by atoms with Gasteiger partial charge in [0.2, 0.25) is 0 Å². The maximum absolute atomic E-state index is 13.1. The van der Waals surface area contributed by atoms with Gasteiger partial charge in [-0.25, -0.2) is 4.79 Å². The lowest BCUT2D eigenvalue weighted by Gasteiger charge is -2.39. The van der Waals surface area contributed by atoms with E-state index in [1.54, 1.807) is 13.1 Å². The SMILES string of the molecule is Cl.Cn1c(=O)c2c(cc(N3CCCC(C)(N)C3)n2Cc2ccccc2C#N)n(C)c1=O. The van der Waals surface area contributed by atoms with Crippen molar-refractivity contribution in [3.63, 3.8) is 0 Å². The highest BCUT2D eigenvalue weighted by atomic mass is 35.5. The van der Waals surface area contributed by atoms with Gasteiger partial charge in [0.1, 0.15) is 11.3 Å². The van der Waals surface area contributed by atoms with Gasteiger partial charge in [-0.15, -0.1) is 12.4 Å². The van der Waals surface area contributed by atoms with Gasteiger partial charge in [-0.05, 0) is 31.4 Å². The number of nitriles is 1. The predicted octanol–water partition coefficient (Wildman–Crippen LogP) is 1.70. The van der Waals surface area contributed by atoms with Gasteiger partial charge in [-0.2, -0.15) is 5.26 Å². The van der Waals surface area contributed by atoms with Crippen LogP contribution >= 0.6 is 12.4 Å². The number of piperidine rings is 1. The lowest BCUT2D eigenvalue weighted by molar-refractivity contribution is 0.371. The number of benzene rings is 1. The van der Waals surface area contributed by atoms with Crippen molar-refractivity contribution in [2.45, 2.75) is 31.8 Å². The highest BCUT2D eigenvalue weighted by Gasteiger charge is 2.30. The largest absolute Gasteiger partial charge is 0.356 e. The van der Waals surface area contributed by atoms with E-state index >= 15 is 0 Å². The fraction of sp³-hybridized carbons (Fsp3) is 0.409. The van der Waals surface area contributed by atoms with Crippen LogP contribution in [0.15, 0.2) is 39.9 Å². The number of nitrogens with two attached hydrogens (primary N) is 1. The Morgan fingerprint density at radius 1 is 1.19 bits per heavy atom. The van der Waals surface area contributed by atoms with E-state index in [-0.39, 0.29) is 29.2 Å². The van der Waals surface area contributed by atoms with Crippen LogP contribution < -0.4 is 21.9 Å². The maximum Gasteiger partial charge on any atom is 0.331 e. The van der Waals surface area contributed by atoms with Crippen molar-refractivity contribution in [1.82, 2.24) is 13.7 Å². The molecule has 31 heavy (non-hydrogen) atoms. The minimum absolute atomic E-state index is 0. The first-order valence-corrected chi connectivity index (χ1v) is 10.0. The first kappa shape index (κ1) is 22.7. The van der Waals surface area contributed by atoms with Crippen LogP contribution in [-0.4, -0.2) is 32.3 Å². The zero-order chi connectivity index (χ0) is 21.6. The lowest BCUT2D eigenvalue weighted by Crippen LogP contribution is -2.52. The maximum atomic E-state index is 13.1. The molecule has 0 saturated carbocycles. The Hall–Kier alpha value is -3.02. The molecule has 0 aliphatic carbocycles. The summed E-state index contributed by atoms with van der Waals surface area (Å²) < 4.78 is 4.55. The van der Waals surface area contributed by atoms with Crippen LogP contribution in [0, 0.1) is 11.3 Å². The van der Waals surface area contributed by atoms with Gasteiger partial charge in [-0.3, -0.25) is 13.9 Å². The summed E-state index contributed by atoms with van der Waals surface area (Å²) in [4.78, 5) is 27.8. The van der Waals surface area contributed by atoms with Crippen molar-refractivity contribution in [2.24, 2.45) is 19.8 Å². The second-order valence-electron chi connectivity index (χ2n) is 8.48. The molecule has 0 amide bonds. The van der Waals surface area contributed by atoms with Crippen LogP contribution in [0.5, 0.6) is 0 Å². The summed E-state index contributed by atoms with van der Waals surface area (Å²) in [7, 11) is 3.16. The van der Waals surface area contributed by atoms with E-state index in [9.17, 15) is 14.9 Å². The summed E-state index contributed by atoms with van der Waals surface area (Å²) >= 11 is 0. The van der Waals surface area contributed by atoms with Gasteiger partial charge in [0, 0.05) is 38.8 Å². The number of hydrogen-bond donors (Lipinski definition) is 1. The third-order valence-corrected chi connectivity index (χ3v) is 6.02. The molecule has 3 aromatic rings. The van der Waals surface area contributed by atoms with E-state index in [1.165, 1.54) is 11.6 Å². The Labute approximate surface area is 186 Å². The minimum Gasteiger partial charge on any atom is -0.356 e. The zero-order valence-electron chi connectivity index (χ0n) is 18.0. The van der Waals surface area contributed by atoms with Gasteiger partial charge in [-0.1, -0.05) is 18.2 Å². The third-order valence-electron chi connectivity index (χ3n) is 6.02. The molecule has 1 aliphatic rings. The van der Waals surface area contributed by atoms with Crippen LogP contribution in [0.3, 0.4) is 0 Å². The van der Waals surface area contributed by atoms with Gasteiger partial charge >= 0.3 is 5.69 Å². The van der Waals surface area contributed by atoms with E-state index in [2.05, 4.69) is 11.0 Å². The first-order valence-electron chi connectivity index (χ1n) is 10.0. The number of fused-ring (bicyclic) bond motifs is 1. The predicted molar refractivity (Wildman–Crippen MR) is 124 cm³/mol. The molecule has 2 aromatic heterocycles. The van der Waals surface area contributed by atoms with E-state index in [0.717, 1.165) is 35.3 Å². The molecule has 3 heterocycles. The normalized spacial score (nSPS) is 18.6. The summed E-state index contributed by atoms with van der Waals surface area (Å²) in [5.74, 6) is 0.840. The van der Waals surface area contributed by atoms with Crippen LogP contribution in [0.2, 0.25) is 0 Å². The highest BCUT2D eigenvalue weighted by molar-refractivity contribution is 5.85. The number of aryl methyl sites for hydroxylation is 1. The van der Waals surface area contributed by atoms with Crippen molar-refractivity contribution >= 4 is 29.3 Å². The summed E-state index contributed by atoms with van der Waals surface area (Å²) in [6.07, 6.45) is 1.88. The molecule has 1 saturated heterocycles. The Balaban J connectivity index is 0.00000272. The second kappa shape index (κ2) is 8.25. The molecule has 0 radical (unpaired) electrons. The molecule has 0 spiro atoms. The third kappa shape index (κ3) is 3.87. The summed E-state index contributed by atoms with van der Waals surface area (Å²) in [6, 6.07) is 11.5. The van der Waals surface area contributed by atoms with Crippen LogP contribution in [-0.2, 0) is 20.6 Å². The zero-order valence-corrected chi connectivity index (χ0v) is 18.8. The number of nitrogens with zero attached hydrogens (tertiary/aromatic N) is 5. The van der Waals surface area contributed by atoms with Crippen molar-refractivity contribution in [3.05, 3.63) is 62.3 Å². The molecule has 1 atom stereocenters. The van der Waals surface area contributed by atoms with Crippen molar-refractivity contribution in [2.75, 3.05) is 18.0 Å². The molecule has 1 unspecified atom stereocenters. The summed E-state index contributed by atoms with van der Waals surface area (Å²) in [5.41, 5.74) is 7.81. The quantitative estimate of drug-likeness (QED) is 0.665. The molecular formula is C22H27ClN6O2. The van der Waals surface area contributed by atoms with Gasteiger partial charge < -0.3 is 15.2 Å². The lowest BCUT2D eigenvalue weighted by atomic mass is 9.92. The van der Waals surface area contributed by atoms with Gasteiger partial charge in [0.25, 0.3) is 5.56 Å². The van der Waals surface area contributed by atoms with Crippen molar-refractivity contribution in [1.29, 1.82) is 5.26 Å². The monoisotopic (exact) mass is 442 g/mol. The summed E-state index contributed by atoms with van der Waals surface area (Å²) in [6.45, 7) is 3.86. The van der Waals surface area contributed by atoms with E-state index < -0.39 is 0 Å². The van der Waals surface area contributed by atoms with Gasteiger partial charge in [0.15, 0.2) is 0 Å². The van der Waals surface area contributed by atoms with Crippen LogP contribution in [0.4, 0.5) is 5.82 Å². The number of hydrogen-bond acceptors (Lipinski definition) is 5. The molecule has 2 N–H and O–H groups in total. The minimum atomic E-state index is -0.365. The van der Waals surface area contributed by atoms with Crippen molar-refractivity contribution in [3.8, 4) is 6.07 Å².